The molecule has 0 spiro atoms. The van der Waals surface area contributed by atoms with Crippen LogP contribution in [0.4, 0.5) is 0 Å². The molecule has 1 aromatic heterocycles. The van der Waals surface area contributed by atoms with E-state index in [-0.39, 0.29) is 6.61 Å². The summed E-state index contributed by atoms with van der Waals surface area (Å²) in [4.78, 5) is 5.62. The van der Waals surface area contributed by atoms with Gasteiger partial charge in [-0.3, -0.25) is 0 Å². The maximum absolute atomic E-state index is 8.74. The third kappa shape index (κ3) is 2.64. The smallest absolute Gasteiger partial charge is 0.123 e. The molecule has 0 amide bonds. The van der Waals surface area contributed by atoms with Crippen LogP contribution in [-0.2, 0) is 6.42 Å². The van der Waals surface area contributed by atoms with Gasteiger partial charge >= 0.3 is 0 Å². The van der Waals surface area contributed by atoms with E-state index in [0.29, 0.717) is 0 Å². The van der Waals surface area contributed by atoms with Crippen molar-refractivity contribution in [1.82, 2.24) is 4.98 Å². The van der Waals surface area contributed by atoms with Crippen molar-refractivity contribution in [2.24, 2.45) is 0 Å². The number of aliphatic hydroxyl groups is 1. The quantitative estimate of drug-likeness (QED) is 0.857. The van der Waals surface area contributed by atoms with Gasteiger partial charge in [-0.2, -0.15) is 0 Å². The van der Waals surface area contributed by atoms with Crippen LogP contribution in [0.5, 0.6) is 0 Å². The van der Waals surface area contributed by atoms with Crippen LogP contribution in [0.15, 0.2) is 36.5 Å². The van der Waals surface area contributed by atoms with Crippen LogP contribution in [0.3, 0.4) is 0 Å². The van der Waals surface area contributed by atoms with E-state index in [1.807, 2.05) is 24.4 Å². The molecule has 0 aliphatic rings. The summed E-state index contributed by atoms with van der Waals surface area (Å²) in [6, 6.07) is 10.2. The lowest BCUT2D eigenvalue weighted by Gasteiger charge is -1.93. The van der Waals surface area contributed by atoms with Gasteiger partial charge in [0.05, 0.1) is 0 Å². The molecule has 2 aromatic rings. The average molecular weight is 219 g/mol. The first-order chi connectivity index (χ1) is 7.40. The number of nitrogens with zero attached hydrogens (tertiary/aromatic N) is 1. The summed E-state index contributed by atoms with van der Waals surface area (Å²) in [6.45, 7) is 0.249. The van der Waals surface area contributed by atoms with E-state index in [9.17, 15) is 0 Å². The van der Waals surface area contributed by atoms with Gasteiger partial charge < -0.3 is 5.11 Å². The Labute approximate surface area is 93.2 Å². The molecular weight excluding hydrogens is 206 g/mol. The molecule has 0 bridgehead atoms. The van der Waals surface area contributed by atoms with E-state index in [1.54, 1.807) is 11.3 Å². The minimum Gasteiger partial charge on any atom is -0.396 e. The second kappa shape index (κ2) is 5.05. The van der Waals surface area contributed by atoms with Gasteiger partial charge in [-0.15, -0.1) is 11.3 Å². The van der Waals surface area contributed by atoms with Crippen LogP contribution in [0, 0.1) is 0 Å². The Kier molecular flexibility index (Phi) is 3.48. The SMILES string of the molecule is OCCCc1cnc(-c2ccccc2)s1. The summed E-state index contributed by atoms with van der Waals surface area (Å²) in [5, 5.41) is 9.79. The zero-order chi connectivity index (χ0) is 10.5. The zero-order valence-corrected chi connectivity index (χ0v) is 9.20. The summed E-state index contributed by atoms with van der Waals surface area (Å²) in [5.41, 5.74) is 1.16. The predicted molar refractivity (Wildman–Crippen MR) is 63.0 cm³/mol. The van der Waals surface area contributed by atoms with Crippen LogP contribution in [0.2, 0.25) is 0 Å². The highest BCUT2D eigenvalue weighted by Crippen LogP contribution is 2.25. The van der Waals surface area contributed by atoms with E-state index >= 15 is 0 Å². The standard InChI is InChI=1S/C12H13NOS/c14-8-4-7-11-9-13-12(15-11)10-5-2-1-3-6-10/h1-3,5-6,9,14H,4,7-8H2. The average Bonchev–Trinajstić information content (AvgIpc) is 2.76. The number of hydrogen-bond donors (Lipinski definition) is 1. The number of aryl methyl sites for hydroxylation is 1. The fraction of sp³-hybridized carbons (Fsp3) is 0.250. The minimum atomic E-state index is 0.249. The van der Waals surface area contributed by atoms with Crippen LogP contribution in [-0.4, -0.2) is 16.7 Å². The van der Waals surface area contributed by atoms with Gasteiger partial charge in [0.25, 0.3) is 0 Å². The minimum absolute atomic E-state index is 0.249. The molecule has 0 atom stereocenters. The lowest BCUT2D eigenvalue weighted by atomic mass is 10.2. The van der Waals surface area contributed by atoms with Crippen molar-refractivity contribution in [2.75, 3.05) is 6.61 Å². The van der Waals surface area contributed by atoms with E-state index in [1.165, 1.54) is 4.88 Å². The zero-order valence-electron chi connectivity index (χ0n) is 8.39. The van der Waals surface area contributed by atoms with Crippen molar-refractivity contribution >= 4 is 11.3 Å². The highest BCUT2D eigenvalue weighted by atomic mass is 32.1. The van der Waals surface area contributed by atoms with Crippen molar-refractivity contribution in [3.05, 3.63) is 41.4 Å². The van der Waals surface area contributed by atoms with Gasteiger partial charge in [0.1, 0.15) is 5.01 Å². The second-order valence-electron chi connectivity index (χ2n) is 3.32. The highest BCUT2D eigenvalue weighted by molar-refractivity contribution is 7.15. The van der Waals surface area contributed by atoms with Crippen molar-refractivity contribution in [1.29, 1.82) is 0 Å². The van der Waals surface area contributed by atoms with E-state index in [2.05, 4.69) is 17.1 Å². The summed E-state index contributed by atoms with van der Waals surface area (Å²) in [5.74, 6) is 0. The molecule has 0 saturated heterocycles. The first-order valence-electron chi connectivity index (χ1n) is 5.01. The number of thiazole rings is 1. The van der Waals surface area contributed by atoms with Crippen molar-refractivity contribution in [3.63, 3.8) is 0 Å². The summed E-state index contributed by atoms with van der Waals surface area (Å²) in [6.07, 6.45) is 3.64. The fourth-order valence-corrected chi connectivity index (χ4v) is 2.35. The highest BCUT2D eigenvalue weighted by Gasteiger charge is 2.03. The van der Waals surface area contributed by atoms with Crippen molar-refractivity contribution in [3.8, 4) is 10.6 Å². The summed E-state index contributed by atoms with van der Waals surface area (Å²) < 4.78 is 0. The molecule has 0 saturated carbocycles. The van der Waals surface area contributed by atoms with Gasteiger partial charge in [0, 0.05) is 23.2 Å². The Morgan fingerprint density at radius 2 is 2.00 bits per heavy atom. The third-order valence-corrected chi connectivity index (χ3v) is 3.26. The molecule has 0 aliphatic heterocycles. The fourth-order valence-electron chi connectivity index (χ4n) is 1.39. The van der Waals surface area contributed by atoms with Gasteiger partial charge in [0.2, 0.25) is 0 Å². The molecule has 2 rings (SSSR count). The Morgan fingerprint density at radius 1 is 1.20 bits per heavy atom. The van der Waals surface area contributed by atoms with Gasteiger partial charge in [0.15, 0.2) is 0 Å². The topological polar surface area (TPSA) is 33.1 Å². The molecule has 0 aliphatic carbocycles. The first kappa shape index (κ1) is 10.3. The van der Waals surface area contributed by atoms with Crippen LogP contribution < -0.4 is 0 Å². The van der Waals surface area contributed by atoms with E-state index < -0.39 is 0 Å². The van der Waals surface area contributed by atoms with E-state index in [4.69, 9.17) is 5.11 Å². The van der Waals surface area contributed by atoms with Crippen LogP contribution >= 0.6 is 11.3 Å². The monoisotopic (exact) mass is 219 g/mol. The van der Waals surface area contributed by atoms with E-state index in [0.717, 1.165) is 23.4 Å². The largest absolute Gasteiger partial charge is 0.396 e. The third-order valence-electron chi connectivity index (χ3n) is 2.16. The van der Waals surface area contributed by atoms with Crippen molar-refractivity contribution < 1.29 is 5.11 Å². The van der Waals surface area contributed by atoms with Gasteiger partial charge in [-0.1, -0.05) is 30.3 Å². The number of hydrogen-bond acceptors (Lipinski definition) is 3. The van der Waals surface area contributed by atoms with Crippen LogP contribution in [0.25, 0.3) is 10.6 Å². The molecule has 0 unspecified atom stereocenters. The molecule has 78 valence electrons. The number of aliphatic hydroxyl groups excluding tert-OH is 1. The Balaban J connectivity index is 2.14. The summed E-state index contributed by atoms with van der Waals surface area (Å²) >= 11 is 1.70. The van der Waals surface area contributed by atoms with Crippen molar-refractivity contribution in [2.45, 2.75) is 12.8 Å². The predicted octanol–water partition coefficient (Wildman–Crippen LogP) is 2.74. The van der Waals surface area contributed by atoms with Gasteiger partial charge in [-0.05, 0) is 12.8 Å². The molecular formula is C12H13NOS. The normalized spacial score (nSPS) is 10.5. The maximum atomic E-state index is 8.74. The Bertz CT molecular complexity index is 411. The molecule has 0 radical (unpaired) electrons. The Hall–Kier alpha value is -1.19. The maximum Gasteiger partial charge on any atom is 0.123 e. The molecule has 1 aromatic carbocycles. The number of rotatable bonds is 4. The summed E-state index contributed by atoms with van der Waals surface area (Å²) in [7, 11) is 0. The molecule has 3 heteroatoms. The first-order valence-corrected chi connectivity index (χ1v) is 5.83. The second-order valence-corrected chi connectivity index (χ2v) is 4.44. The lowest BCUT2D eigenvalue weighted by molar-refractivity contribution is 0.289. The number of aromatic nitrogens is 1. The lowest BCUT2D eigenvalue weighted by Crippen LogP contribution is -1.84. The molecule has 2 nitrogen and oxygen atoms in total. The molecule has 1 heterocycles. The molecule has 15 heavy (non-hydrogen) atoms. The Morgan fingerprint density at radius 3 is 2.73 bits per heavy atom. The number of benzene rings is 1. The van der Waals surface area contributed by atoms with Gasteiger partial charge in [-0.25, -0.2) is 4.98 Å². The molecule has 1 N–H and O–H groups in total. The molecule has 0 fully saturated rings. The van der Waals surface area contributed by atoms with Crippen LogP contribution in [0.1, 0.15) is 11.3 Å².